The van der Waals surface area contributed by atoms with Crippen molar-refractivity contribution in [1.82, 2.24) is 0 Å². The lowest BCUT2D eigenvalue weighted by Crippen LogP contribution is -2.38. The molecular formula is C10H11BrF3NO. The predicted molar refractivity (Wildman–Crippen MR) is 57.7 cm³/mol. The number of alkyl halides is 3. The number of halogens is 4. The lowest BCUT2D eigenvalue weighted by Gasteiger charge is -2.19. The van der Waals surface area contributed by atoms with Crippen LogP contribution in [0.25, 0.3) is 0 Å². The van der Waals surface area contributed by atoms with Gasteiger partial charge in [0.2, 0.25) is 0 Å². The fourth-order valence-electron chi connectivity index (χ4n) is 1.20. The Kier molecular flexibility index (Phi) is 4.35. The Bertz CT molecular complexity index is 339. The second-order valence-electron chi connectivity index (χ2n) is 3.45. The van der Waals surface area contributed by atoms with Crippen molar-refractivity contribution < 1.29 is 18.3 Å². The molecule has 1 aromatic carbocycles. The van der Waals surface area contributed by atoms with E-state index in [-0.39, 0.29) is 0 Å². The molecule has 2 unspecified atom stereocenters. The van der Waals surface area contributed by atoms with E-state index in [0.29, 0.717) is 5.56 Å². The summed E-state index contributed by atoms with van der Waals surface area (Å²) in [5.41, 5.74) is 5.34. The minimum absolute atomic E-state index is 0.419. The van der Waals surface area contributed by atoms with E-state index in [0.717, 1.165) is 4.47 Å². The molecule has 0 saturated carbocycles. The van der Waals surface area contributed by atoms with Crippen molar-refractivity contribution in [3.05, 3.63) is 34.3 Å². The molecule has 0 saturated heterocycles. The zero-order chi connectivity index (χ0) is 12.3. The Morgan fingerprint density at radius 1 is 1.25 bits per heavy atom. The molecule has 0 amide bonds. The highest BCUT2D eigenvalue weighted by Gasteiger charge is 2.37. The minimum Gasteiger partial charge on any atom is -0.388 e. The third kappa shape index (κ3) is 3.77. The smallest absolute Gasteiger partial charge is 0.388 e. The van der Waals surface area contributed by atoms with Gasteiger partial charge in [0.05, 0.1) is 6.10 Å². The van der Waals surface area contributed by atoms with Gasteiger partial charge < -0.3 is 10.8 Å². The maximum Gasteiger partial charge on any atom is 0.403 e. The maximum atomic E-state index is 12.1. The highest BCUT2D eigenvalue weighted by molar-refractivity contribution is 9.10. The van der Waals surface area contributed by atoms with Crippen molar-refractivity contribution in [2.24, 2.45) is 5.73 Å². The number of aliphatic hydroxyl groups is 1. The summed E-state index contributed by atoms with van der Waals surface area (Å²) in [6.45, 7) is 0. The molecule has 90 valence electrons. The molecule has 2 nitrogen and oxygen atoms in total. The molecule has 6 heteroatoms. The summed E-state index contributed by atoms with van der Waals surface area (Å²) in [5.74, 6) is 0. The normalized spacial score (nSPS) is 15.9. The summed E-state index contributed by atoms with van der Waals surface area (Å²) in [7, 11) is 0. The van der Waals surface area contributed by atoms with Gasteiger partial charge in [-0.3, -0.25) is 0 Å². The van der Waals surface area contributed by atoms with Gasteiger partial charge in [-0.2, -0.15) is 13.2 Å². The van der Waals surface area contributed by atoms with Crippen molar-refractivity contribution in [1.29, 1.82) is 0 Å². The standard InChI is InChI=1S/C10H11BrF3NO/c11-7-3-1-6(2-4-7)8(16)5-9(15)10(12,13)14/h1-4,8-9,16H,5,15H2. The molecular weight excluding hydrogens is 287 g/mol. The summed E-state index contributed by atoms with van der Waals surface area (Å²) in [4.78, 5) is 0. The van der Waals surface area contributed by atoms with E-state index in [1.54, 1.807) is 24.3 Å². The van der Waals surface area contributed by atoms with Crippen molar-refractivity contribution in [2.75, 3.05) is 0 Å². The molecule has 3 N–H and O–H groups in total. The summed E-state index contributed by atoms with van der Waals surface area (Å²) in [6.07, 6.45) is -6.22. The van der Waals surface area contributed by atoms with Crippen molar-refractivity contribution in [3.63, 3.8) is 0 Å². The Morgan fingerprint density at radius 2 is 1.75 bits per heavy atom. The highest BCUT2D eigenvalue weighted by Crippen LogP contribution is 2.27. The molecule has 0 spiro atoms. The largest absolute Gasteiger partial charge is 0.403 e. The Morgan fingerprint density at radius 3 is 2.19 bits per heavy atom. The van der Waals surface area contributed by atoms with Crippen LogP contribution in [0.2, 0.25) is 0 Å². The number of nitrogens with two attached hydrogens (primary N) is 1. The van der Waals surface area contributed by atoms with Gasteiger partial charge in [0.15, 0.2) is 0 Å². The number of aliphatic hydroxyl groups excluding tert-OH is 1. The maximum absolute atomic E-state index is 12.1. The van der Waals surface area contributed by atoms with Crippen LogP contribution in [-0.4, -0.2) is 17.3 Å². The molecule has 0 aliphatic carbocycles. The lowest BCUT2D eigenvalue weighted by molar-refractivity contribution is -0.153. The van der Waals surface area contributed by atoms with E-state index in [2.05, 4.69) is 15.9 Å². The van der Waals surface area contributed by atoms with E-state index in [4.69, 9.17) is 5.73 Å². The summed E-state index contributed by atoms with van der Waals surface area (Å²) >= 11 is 3.19. The zero-order valence-corrected chi connectivity index (χ0v) is 9.79. The fourth-order valence-corrected chi connectivity index (χ4v) is 1.46. The monoisotopic (exact) mass is 297 g/mol. The number of hydrogen-bond acceptors (Lipinski definition) is 2. The van der Waals surface area contributed by atoms with Gasteiger partial charge in [0.1, 0.15) is 6.04 Å². The molecule has 0 fully saturated rings. The first-order valence-corrected chi connectivity index (χ1v) is 5.36. The number of hydrogen-bond donors (Lipinski definition) is 2. The molecule has 0 radical (unpaired) electrons. The van der Waals surface area contributed by atoms with Gasteiger partial charge in [-0.15, -0.1) is 0 Å². The van der Waals surface area contributed by atoms with Crippen LogP contribution in [0.15, 0.2) is 28.7 Å². The van der Waals surface area contributed by atoms with Gasteiger partial charge in [-0.25, -0.2) is 0 Å². The van der Waals surface area contributed by atoms with Crippen LogP contribution < -0.4 is 5.73 Å². The number of benzene rings is 1. The van der Waals surface area contributed by atoms with Crippen LogP contribution >= 0.6 is 15.9 Å². The van der Waals surface area contributed by atoms with Crippen LogP contribution in [0.1, 0.15) is 18.1 Å². The first kappa shape index (κ1) is 13.5. The fraction of sp³-hybridized carbons (Fsp3) is 0.400. The van der Waals surface area contributed by atoms with Crippen LogP contribution in [-0.2, 0) is 0 Å². The SMILES string of the molecule is NC(CC(O)c1ccc(Br)cc1)C(F)(F)F. The van der Waals surface area contributed by atoms with Crippen molar-refractivity contribution in [3.8, 4) is 0 Å². The van der Waals surface area contributed by atoms with E-state index < -0.39 is 24.7 Å². The molecule has 0 aromatic heterocycles. The first-order chi connectivity index (χ1) is 7.30. The van der Waals surface area contributed by atoms with Crippen LogP contribution in [0.4, 0.5) is 13.2 Å². The molecule has 0 aliphatic rings. The molecule has 2 atom stereocenters. The summed E-state index contributed by atoms with van der Waals surface area (Å²) < 4.78 is 37.2. The summed E-state index contributed by atoms with van der Waals surface area (Å²) in [5, 5.41) is 9.55. The topological polar surface area (TPSA) is 46.2 Å². The minimum atomic E-state index is -4.48. The third-order valence-electron chi connectivity index (χ3n) is 2.15. The second kappa shape index (κ2) is 5.16. The second-order valence-corrected chi connectivity index (χ2v) is 4.37. The number of rotatable bonds is 3. The Hall–Kier alpha value is -0.590. The van der Waals surface area contributed by atoms with Gasteiger partial charge in [-0.05, 0) is 17.7 Å². The van der Waals surface area contributed by atoms with E-state index in [9.17, 15) is 18.3 Å². The quantitative estimate of drug-likeness (QED) is 0.901. The third-order valence-corrected chi connectivity index (χ3v) is 2.68. The lowest BCUT2D eigenvalue weighted by atomic mass is 10.0. The average molecular weight is 298 g/mol. The highest BCUT2D eigenvalue weighted by atomic mass is 79.9. The van der Waals surface area contributed by atoms with Gasteiger partial charge in [0, 0.05) is 10.9 Å². The molecule has 0 bridgehead atoms. The first-order valence-electron chi connectivity index (χ1n) is 4.56. The molecule has 1 aromatic rings. The van der Waals surface area contributed by atoms with Gasteiger partial charge in [0.25, 0.3) is 0 Å². The van der Waals surface area contributed by atoms with Gasteiger partial charge >= 0.3 is 6.18 Å². The van der Waals surface area contributed by atoms with Gasteiger partial charge in [-0.1, -0.05) is 28.1 Å². The Labute approximate surface area is 99.4 Å². The van der Waals surface area contributed by atoms with Crippen LogP contribution in [0, 0.1) is 0 Å². The average Bonchev–Trinajstić information content (AvgIpc) is 2.17. The molecule has 16 heavy (non-hydrogen) atoms. The van der Waals surface area contributed by atoms with E-state index >= 15 is 0 Å². The Balaban J connectivity index is 2.65. The molecule has 0 aliphatic heterocycles. The van der Waals surface area contributed by atoms with Crippen molar-refractivity contribution >= 4 is 15.9 Å². The predicted octanol–water partition coefficient (Wildman–Crippen LogP) is 2.76. The zero-order valence-electron chi connectivity index (χ0n) is 8.21. The summed E-state index contributed by atoms with van der Waals surface area (Å²) in [6, 6.07) is 4.40. The molecule has 1 rings (SSSR count). The van der Waals surface area contributed by atoms with Crippen LogP contribution in [0.5, 0.6) is 0 Å². The van der Waals surface area contributed by atoms with E-state index in [1.807, 2.05) is 0 Å². The van der Waals surface area contributed by atoms with Crippen molar-refractivity contribution in [2.45, 2.75) is 24.7 Å². The molecule has 0 heterocycles. The van der Waals surface area contributed by atoms with Crippen LogP contribution in [0.3, 0.4) is 0 Å². The van der Waals surface area contributed by atoms with E-state index in [1.165, 1.54) is 0 Å².